The summed E-state index contributed by atoms with van der Waals surface area (Å²) in [6.45, 7) is 2.96. The zero-order valence-electron chi connectivity index (χ0n) is 11.1. The molecule has 3 nitrogen and oxygen atoms in total. The molecule has 1 aromatic carbocycles. The summed E-state index contributed by atoms with van der Waals surface area (Å²) in [6, 6.07) is 7.33. The van der Waals surface area contributed by atoms with Crippen molar-refractivity contribution in [3.05, 3.63) is 23.8 Å². The molecule has 0 spiro atoms. The van der Waals surface area contributed by atoms with Crippen molar-refractivity contribution in [1.29, 1.82) is 0 Å². The minimum atomic E-state index is 0.651. The molecule has 0 radical (unpaired) electrons. The molecule has 0 bridgehead atoms. The van der Waals surface area contributed by atoms with Crippen molar-refractivity contribution in [2.75, 3.05) is 31.6 Å². The third-order valence-electron chi connectivity index (χ3n) is 4.01. The van der Waals surface area contributed by atoms with E-state index in [2.05, 4.69) is 35.5 Å². The molecule has 3 rings (SSSR count). The molecule has 1 atom stereocenters. The van der Waals surface area contributed by atoms with Crippen LogP contribution in [0.2, 0.25) is 0 Å². The molecule has 1 unspecified atom stereocenters. The predicted molar refractivity (Wildman–Crippen MR) is 74.6 cm³/mol. The van der Waals surface area contributed by atoms with Gasteiger partial charge in [0, 0.05) is 13.1 Å². The maximum absolute atomic E-state index is 5.76. The largest absolute Gasteiger partial charge is 0.490 e. The highest BCUT2D eigenvalue weighted by Crippen LogP contribution is 2.32. The fraction of sp³-hybridized carbons (Fsp3) is 0.600. The zero-order chi connectivity index (χ0) is 12.4. The maximum atomic E-state index is 5.76. The van der Waals surface area contributed by atoms with Crippen LogP contribution in [0, 0.1) is 0 Å². The predicted octanol–water partition coefficient (Wildman–Crippen LogP) is 2.20. The molecule has 2 aliphatic heterocycles. The quantitative estimate of drug-likeness (QED) is 0.866. The van der Waals surface area contributed by atoms with Gasteiger partial charge in [-0.3, -0.25) is 0 Å². The average molecular weight is 246 g/mol. The van der Waals surface area contributed by atoms with E-state index in [4.69, 9.17) is 4.74 Å². The highest BCUT2D eigenvalue weighted by molar-refractivity contribution is 5.60. The van der Waals surface area contributed by atoms with Gasteiger partial charge in [0.1, 0.15) is 12.4 Å². The maximum Gasteiger partial charge on any atom is 0.142 e. The van der Waals surface area contributed by atoms with Crippen LogP contribution in [-0.4, -0.2) is 32.8 Å². The number of piperidine rings is 1. The Kier molecular flexibility index (Phi) is 3.41. The topological polar surface area (TPSA) is 24.5 Å². The van der Waals surface area contributed by atoms with Gasteiger partial charge in [-0.15, -0.1) is 0 Å². The first-order valence-corrected chi connectivity index (χ1v) is 7.03. The molecule has 0 amide bonds. The minimum Gasteiger partial charge on any atom is -0.490 e. The number of fused-ring (bicyclic) bond motifs is 1. The Hall–Kier alpha value is -1.22. The van der Waals surface area contributed by atoms with Crippen molar-refractivity contribution in [3.8, 4) is 5.75 Å². The van der Waals surface area contributed by atoms with Gasteiger partial charge in [-0.05, 0) is 43.5 Å². The number of anilines is 1. The Labute approximate surface area is 109 Å². The zero-order valence-corrected chi connectivity index (χ0v) is 11.1. The Morgan fingerprint density at radius 3 is 3.17 bits per heavy atom. The Balaban J connectivity index is 1.73. The van der Waals surface area contributed by atoms with Crippen molar-refractivity contribution >= 4 is 5.69 Å². The number of rotatable bonds is 2. The van der Waals surface area contributed by atoms with Gasteiger partial charge < -0.3 is 15.0 Å². The van der Waals surface area contributed by atoms with Gasteiger partial charge in [0.05, 0.1) is 12.2 Å². The molecule has 18 heavy (non-hydrogen) atoms. The Bertz CT molecular complexity index is 413. The smallest absolute Gasteiger partial charge is 0.142 e. The standard InChI is InChI=1S/C15H22N2O/c1-17-8-9-18-15-11-12(5-6-14(15)17)10-13-4-2-3-7-16-13/h5-6,11,13,16H,2-4,7-10H2,1H3. The van der Waals surface area contributed by atoms with Crippen LogP contribution in [0.15, 0.2) is 18.2 Å². The number of nitrogens with one attached hydrogen (secondary N) is 1. The fourth-order valence-electron chi connectivity index (χ4n) is 2.91. The van der Waals surface area contributed by atoms with E-state index in [0.717, 1.165) is 25.3 Å². The van der Waals surface area contributed by atoms with Crippen LogP contribution in [0.25, 0.3) is 0 Å². The molecule has 1 N–H and O–H groups in total. The summed E-state index contributed by atoms with van der Waals surface area (Å²) in [5.41, 5.74) is 2.62. The lowest BCUT2D eigenvalue weighted by Gasteiger charge is -2.29. The van der Waals surface area contributed by atoms with E-state index >= 15 is 0 Å². The molecule has 0 aromatic heterocycles. The Morgan fingerprint density at radius 2 is 2.33 bits per heavy atom. The van der Waals surface area contributed by atoms with Crippen LogP contribution in [0.3, 0.4) is 0 Å². The lowest BCUT2D eigenvalue weighted by Crippen LogP contribution is -2.35. The first-order chi connectivity index (χ1) is 8.83. The van der Waals surface area contributed by atoms with Crippen molar-refractivity contribution in [1.82, 2.24) is 5.32 Å². The number of benzene rings is 1. The van der Waals surface area contributed by atoms with E-state index in [-0.39, 0.29) is 0 Å². The second-order valence-electron chi connectivity index (χ2n) is 5.42. The van der Waals surface area contributed by atoms with E-state index in [1.165, 1.54) is 37.1 Å². The number of ether oxygens (including phenoxy) is 1. The van der Waals surface area contributed by atoms with Gasteiger partial charge in [0.15, 0.2) is 0 Å². The molecule has 98 valence electrons. The van der Waals surface area contributed by atoms with Crippen LogP contribution in [0.1, 0.15) is 24.8 Å². The van der Waals surface area contributed by atoms with Crippen molar-refractivity contribution in [3.63, 3.8) is 0 Å². The lowest BCUT2D eigenvalue weighted by molar-refractivity contribution is 0.310. The number of likely N-dealkylation sites (N-methyl/N-ethyl adjacent to an activating group) is 1. The third kappa shape index (κ3) is 2.46. The van der Waals surface area contributed by atoms with Crippen LogP contribution >= 0.6 is 0 Å². The van der Waals surface area contributed by atoms with Gasteiger partial charge >= 0.3 is 0 Å². The van der Waals surface area contributed by atoms with E-state index < -0.39 is 0 Å². The normalized spacial score (nSPS) is 23.4. The van der Waals surface area contributed by atoms with E-state index in [1.54, 1.807) is 0 Å². The summed E-state index contributed by atoms with van der Waals surface area (Å²) in [5.74, 6) is 1.05. The number of hydrogen-bond acceptors (Lipinski definition) is 3. The van der Waals surface area contributed by atoms with Gasteiger partial charge in [0.2, 0.25) is 0 Å². The van der Waals surface area contributed by atoms with Gasteiger partial charge in [-0.1, -0.05) is 12.5 Å². The van der Waals surface area contributed by atoms with E-state index in [1.807, 2.05) is 0 Å². The minimum absolute atomic E-state index is 0.651. The highest BCUT2D eigenvalue weighted by Gasteiger charge is 2.17. The molecule has 2 heterocycles. The SMILES string of the molecule is CN1CCOc2cc(CC3CCCCN3)ccc21. The van der Waals surface area contributed by atoms with Crippen LogP contribution in [-0.2, 0) is 6.42 Å². The number of nitrogens with zero attached hydrogens (tertiary/aromatic N) is 1. The van der Waals surface area contributed by atoms with Crippen molar-refractivity contribution in [2.24, 2.45) is 0 Å². The molecule has 1 aromatic rings. The molecule has 3 heteroatoms. The van der Waals surface area contributed by atoms with Crippen molar-refractivity contribution in [2.45, 2.75) is 31.7 Å². The summed E-state index contributed by atoms with van der Waals surface area (Å²) in [7, 11) is 2.13. The van der Waals surface area contributed by atoms with E-state index in [9.17, 15) is 0 Å². The Morgan fingerprint density at radius 1 is 1.39 bits per heavy atom. The summed E-state index contributed by atoms with van der Waals surface area (Å²) in [5, 5.41) is 3.61. The fourth-order valence-corrected chi connectivity index (χ4v) is 2.91. The van der Waals surface area contributed by atoms with Gasteiger partial charge in [0.25, 0.3) is 0 Å². The van der Waals surface area contributed by atoms with Crippen LogP contribution < -0.4 is 15.0 Å². The molecular formula is C15H22N2O. The first kappa shape index (κ1) is 11.8. The summed E-state index contributed by atoms with van der Waals surface area (Å²) in [6.07, 6.45) is 5.12. The molecule has 0 saturated carbocycles. The molecule has 1 fully saturated rings. The average Bonchev–Trinajstić information content (AvgIpc) is 2.40. The van der Waals surface area contributed by atoms with Gasteiger partial charge in [-0.2, -0.15) is 0 Å². The summed E-state index contributed by atoms with van der Waals surface area (Å²) < 4.78 is 5.76. The molecule has 0 aliphatic carbocycles. The molecule has 2 aliphatic rings. The number of hydrogen-bond donors (Lipinski definition) is 1. The van der Waals surface area contributed by atoms with Crippen LogP contribution in [0.4, 0.5) is 5.69 Å². The highest BCUT2D eigenvalue weighted by atomic mass is 16.5. The van der Waals surface area contributed by atoms with E-state index in [0.29, 0.717) is 6.04 Å². The lowest BCUT2D eigenvalue weighted by atomic mass is 9.97. The molecule has 1 saturated heterocycles. The van der Waals surface area contributed by atoms with Gasteiger partial charge in [-0.25, -0.2) is 0 Å². The van der Waals surface area contributed by atoms with Crippen molar-refractivity contribution < 1.29 is 4.74 Å². The third-order valence-corrected chi connectivity index (χ3v) is 4.01. The summed E-state index contributed by atoms with van der Waals surface area (Å²) in [4.78, 5) is 2.27. The summed E-state index contributed by atoms with van der Waals surface area (Å²) >= 11 is 0. The second-order valence-corrected chi connectivity index (χ2v) is 5.42. The monoisotopic (exact) mass is 246 g/mol. The molecular weight excluding hydrogens is 224 g/mol. The van der Waals surface area contributed by atoms with Crippen LogP contribution in [0.5, 0.6) is 5.75 Å². The first-order valence-electron chi connectivity index (χ1n) is 7.03. The second kappa shape index (κ2) is 5.19.